The summed E-state index contributed by atoms with van der Waals surface area (Å²) < 4.78 is 5.72. The molecule has 7 heteroatoms. The van der Waals surface area contributed by atoms with Gasteiger partial charge in [0.05, 0.1) is 6.54 Å². The van der Waals surface area contributed by atoms with Crippen LogP contribution in [0.25, 0.3) is 11.1 Å². The third-order valence-corrected chi connectivity index (χ3v) is 6.07. The van der Waals surface area contributed by atoms with Gasteiger partial charge >= 0.3 is 12.1 Å². The highest BCUT2D eigenvalue weighted by atomic mass is 35.5. The van der Waals surface area contributed by atoms with Crippen LogP contribution in [-0.4, -0.2) is 66.3 Å². The molecule has 2 aliphatic rings. The highest BCUT2D eigenvalue weighted by Crippen LogP contribution is 2.44. The summed E-state index contributed by atoms with van der Waals surface area (Å²) in [5, 5.41) is 8.94. The summed E-state index contributed by atoms with van der Waals surface area (Å²) >= 11 is 0. The number of hydrogen-bond acceptors (Lipinski definition) is 4. The molecule has 0 aromatic heterocycles. The van der Waals surface area contributed by atoms with E-state index in [1.165, 1.54) is 22.3 Å². The van der Waals surface area contributed by atoms with Gasteiger partial charge in [0.2, 0.25) is 0 Å². The molecule has 1 amide bonds. The third kappa shape index (κ3) is 4.45. The van der Waals surface area contributed by atoms with Crippen LogP contribution in [0.5, 0.6) is 0 Å². The maximum absolute atomic E-state index is 12.6. The highest BCUT2D eigenvalue weighted by molar-refractivity contribution is 5.85. The molecule has 1 heterocycles. The fraction of sp³-hybridized carbons (Fsp3) is 0.391. The highest BCUT2D eigenvalue weighted by Gasteiger charge is 2.31. The molecule has 1 aliphatic carbocycles. The van der Waals surface area contributed by atoms with E-state index < -0.39 is 5.97 Å². The summed E-state index contributed by atoms with van der Waals surface area (Å²) in [6.07, 6.45) is 1.23. The van der Waals surface area contributed by atoms with Gasteiger partial charge in [-0.05, 0) is 42.1 Å². The second kappa shape index (κ2) is 9.49. The zero-order valence-corrected chi connectivity index (χ0v) is 17.8. The molecular weight excluding hydrogens is 404 g/mol. The number of likely N-dealkylation sites (tertiary alicyclic amines) is 1. The van der Waals surface area contributed by atoms with Crippen molar-refractivity contribution in [3.8, 4) is 11.1 Å². The average molecular weight is 431 g/mol. The fourth-order valence-corrected chi connectivity index (χ4v) is 4.52. The van der Waals surface area contributed by atoms with Crippen LogP contribution in [0.4, 0.5) is 4.79 Å². The molecule has 4 rings (SSSR count). The standard InChI is InChI=1S/C23H26N2O4.ClH/c1-24(14-22(26)27)16-10-12-25(13-11-16)23(28)29-15-21-19-8-4-2-6-17(19)18-7-3-5-9-20(18)21;/h2-9,16,21H,10-15H2,1H3,(H,26,27);1H. The number of carbonyl (C=O) groups excluding carboxylic acids is 1. The molecular formula is C23H27ClN2O4. The van der Waals surface area contributed by atoms with Gasteiger partial charge in [0.1, 0.15) is 6.61 Å². The first-order chi connectivity index (χ1) is 14.0. The Bertz CT molecular complexity index is 866. The van der Waals surface area contributed by atoms with Crippen molar-refractivity contribution in [2.24, 2.45) is 0 Å². The predicted octanol–water partition coefficient (Wildman–Crippen LogP) is 3.84. The minimum atomic E-state index is -0.827. The number of nitrogens with zero attached hydrogens (tertiary/aromatic N) is 2. The van der Waals surface area contributed by atoms with Crippen LogP contribution in [0.1, 0.15) is 29.9 Å². The molecule has 0 spiro atoms. The molecule has 2 aromatic carbocycles. The number of aliphatic carboxylic acids is 1. The number of amides is 1. The van der Waals surface area contributed by atoms with E-state index in [9.17, 15) is 9.59 Å². The van der Waals surface area contributed by atoms with Crippen molar-refractivity contribution >= 4 is 24.5 Å². The van der Waals surface area contributed by atoms with Gasteiger partial charge in [0.15, 0.2) is 0 Å². The monoisotopic (exact) mass is 430 g/mol. The summed E-state index contributed by atoms with van der Waals surface area (Å²) in [5.74, 6) is -0.767. The molecule has 0 saturated carbocycles. The van der Waals surface area contributed by atoms with Gasteiger partial charge in [-0.15, -0.1) is 12.4 Å². The molecule has 30 heavy (non-hydrogen) atoms. The second-order valence-electron chi connectivity index (χ2n) is 7.83. The van der Waals surface area contributed by atoms with E-state index in [-0.39, 0.29) is 37.0 Å². The number of carboxylic acids is 1. The number of carbonyl (C=O) groups is 2. The third-order valence-electron chi connectivity index (χ3n) is 6.07. The second-order valence-corrected chi connectivity index (χ2v) is 7.83. The minimum absolute atomic E-state index is 0. The Morgan fingerprint density at radius 1 is 1.03 bits per heavy atom. The van der Waals surface area contributed by atoms with Gasteiger partial charge in [-0.3, -0.25) is 9.69 Å². The summed E-state index contributed by atoms with van der Waals surface area (Å²) in [4.78, 5) is 27.1. The van der Waals surface area contributed by atoms with E-state index in [0.29, 0.717) is 19.7 Å². The first kappa shape index (κ1) is 22.1. The molecule has 6 nitrogen and oxygen atoms in total. The number of halogens is 1. The van der Waals surface area contributed by atoms with Crippen LogP contribution in [0.2, 0.25) is 0 Å². The first-order valence-electron chi connectivity index (χ1n) is 10.1. The molecule has 1 saturated heterocycles. The maximum atomic E-state index is 12.6. The van der Waals surface area contributed by atoms with Gasteiger partial charge in [-0.25, -0.2) is 4.79 Å². The molecule has 160 valence electrons. The van der Waals surface area contributed by atoms with Crippen molar-refractivity contribution in [2.75, 3.05) is 33.3 Å². The van der Waals surface area contributed by atoms with Crippen LogP contribution in [0.15, 0.2) is 48.5 Å². The average Bonchev–Trinajstić information content (AvgIpc) is 3.05. The normalized spacial score (nSPS) is 16.0. The predicted molar refractivity (Wildman–Crippen MR) is 117 cm³/mol. The molecule has 0 atom stereocenters. The molecule has 0 bridgehead atoms. The van der Waals surface area contributed by atoms with Gasteiger partial charge in [-0.2, -0.15) is 0 Å². The first-order valence-corrected chi connectivity index (χ1v) is 10.1. The van der Waals surface area contributed by atoms with Crippen LogP contribution in [0.3, 0.4) is 0 Å². The summed E-state index contributed by atoms with van der Waals surface area (Å²) in [7, 11) is 1.82. The Morgan fingerprint density at radius 3 is 2.10 bits per heavy atom. The number of hydrogen-bond donors (Lipinski definition) is 1. The number of rotatable bonds is 5. The molecule has 1 fully saturated rings. The maximum Gasteiger partial charge on any atom is 0.409 e. The number of benzene rings is 2. The summed E-state index contributed by atoms with van der Waals surface area (Å²) in [5.41, 5.74) is 4.84. The Hall–Kier alpha value is -2.57. The topological polar surface area (TPSA) is 70.1 Å². The van der Waals surface area contributed by atoms with Gasteiger partial charge in [0, 0.05) is 25.0 Å². The lowest BCUT2D eigenvalue weighted by Gasteiger charge is -2.35. The number of ether oxygens (including phenoxy) is 1. The zero-order chi connectivity index (χ0) is 20.4. The van der Waals surface area contributed by atoms with E-state index in [1.807, 2.05) is 36.2 Å². The van der Waals surface area contributed by atoms with Crippen LogP contribution in [0, 0.1) is 0 Å². The van der Waals surface area contributed by atoms with Crippen LogP contribution < -0.4 is 0 Å². The van der Waals surface area contributed by atoms with Crippen molar-refractivity contribution in [1.82, 2.24) is 9.80 Å². The van der Waals surface area contributed by atoms with E-state index in [0.717, 1.165) is 12.8 Å². The van der Waals surface area contributed by atoms with Crippen molar-refractivity contribution in [3.05, 3.63) is 59.7 Å². The van der Waals surface area contributed by atoms with E-state index >= 15 is 0 Å². The lowest BCUT2D eigenvalue weighted by atomic mass is 9.98. The van der Waals surface area contributed by atoms with Crippen LogP contribution >= 0.6 is 12.4 Å². The van der Waals surface area contributed by atoms with Crippen molar-refractivity contribution in [1.29, 1.82) is 0 Å². The van der Waals surface area contributed by atoms with Crippen LogP contribution in [-0.2, 0) is 9.53 Å². The Labute approximate surface area is 182 Å². The largest absolute Gasteiger partial charge is 0.480 e. The Balaban J connectivity index is 0.00000256. The number of fused-ring (bicyclic) bond motifs is 3. The van der Waals surface area contributed by atoms with Crippen molar-refractivity contribution in [3.63, 3.8) is 0 Å². The molecule has 0 radical (unpaired) electrons. The molecule has 2 aromatic rings. The van der Waals surface area contributed by atoms with Crippen molar-refractivity contribution in [2.45, 2.75) is 24.8 Å². The number of piperidine rings is 1. The van der Waals surface area contributed by atoms with Gasteiger partial charge in [0.25, 0.3) is 0 Å². The minimum Gasteiger partial charge on any atom is -0.480 e. The van der Waals surface area contributed by atoms with E-state index in [2.05, 4.69) is 24.3 Å². The van der Waals surface area contributed by atoms with E-state index in [4.69, 9.17) is 9.84 Å². The molecule has 1 N–H and O–H groups in total. The SMILES string of the molecule is CN(CC(=O)O)C1CCN(C(=O)OCC2c3ccccc3-c3ccccc32)CC1.Cl. The summed E-state index contributed by atoms with van der Waals surface area (Å²) in [6, 6.07) is 16.8. The van der Waals surface area contributed by atoms with E-state index in [1.54, 1.807) is 4.90 Å². The fourth-order valence-electron chi connectivity index (χ4n) is 4.52. The lowest BCUT2D eigenvalue weighted by Crippen LogP contribution is -2.47. The molecule has 0 unspecified atom stereocenters. The van der Waals surface area contributed by atoms with Crippen molar-refractivity contribution < 1.29 is 19.4 Å². The lowest BCUT2D eigenvalue weighted by molar-refractivity contribution is -0.138. The Kier molecular flexibility index (Phi) is 7.00. The van der Waals surface area contributed by atoms with Gasteiger partial charge < -0.3 is 14.7 Å². The number of carboxylic acid groups (broad SMARTS) is 1. The summed E-state index contributed by atoms with van der Waals surface area (Å²) in [6.45, 7) is 1.53. The quantitative estimate of drug-likeness (QED) is 0.780. The molecule has 1 aliphatic heterocycles. The van der Waals surface area contributed by atoms with Gasteiger partial charge in [-0.1, -0.05) is 48.5 Å². The number of likely N-dealkylation sites (N-methyl/N-ethyl adjacent to an activating group) is 1. The Morgan fingerprint density at radius 2 is 1.57 bits per heavy atom. The zero-order valence-electron chi connectivity index (χ0n) is 17.0. The smallest absolute Gasteiger partial charge is 0.409 e.